The van der Waals surface area contributed by atoms with Crippen LogP contribution in [0.1, 0.15) is 0 Å². The number of anilines is 1. The lowest BCUT2D eigenvalue weighted by molar-refractivity contribution is 0.369. The zero-order valence-electron chi connectivity index (χ0n) is 11.8. The van der Waals surface area contributed by atoms with Crippen molar-refractivity contribution in [3.05, 3.63) is 30.6 Å². The van der Waals surface area contributed by atoms with Crippen LogP contribution in [0.25, 0.3) is 0 Å². The summed E-state index contributed by atoms with van der Waals surface area (Å²) < 4.78 is 33.9. The minimum Gasteiger partial charge on any atom is -0.489 e. The van der Waals surface area contributed by atoms with Gasteiger partial charge in [-0.3, -0.25) is 0 Å². The molecule has 0 radical (unpaired) electrons. The van der Waals surface area contributed by atoms with E-state index in [4.69, 9.17) is 9.47 Å². The summed E-state index contributed by atoms with van der Waals surface area (Å²) in [5.41, 5.74) is 0. The zero-order chi connectivity index (χ0) is 15.5. The Balaban J connectivity index is 2.39. The van der Waals surface area contributed by atoms with Crippen LogP contribution in [-0.2, 0) is 9.84 Å². The third kappa shape index (κ3) is 3.40. The van der Waals surface area contributed by atoms with Gasteiger partial charge in [-0.2, -0.15) is 4.98 Å². The van der Waals surface area contributed by atoms with Gasteiger partial charge in [0, 0.05) is 13.3 Å². The first-order chi connectivity index (χ1) is 9.95. The molecule has 0 aliphatic rings. The highest BCUT2D eigenvalue weighted by molar-refractivity contribution is 7.90. The lowest BCUT2D eigenvalue weighted by Gasteiger charge is -2.12. The van der Waals surface area contributed by atoms with Crippen LogP contribution in [-0.4, -0.2) is 38.8 Å². The summed E-state index contributed by atoms with van der Waals surface area (Å²) in [7, 11) is -0.138. The summed E-state index contributed by atoms with van der Waals surface area (Å²) in [5, 5.41) is 2.86. The van der Waals surface area contributed by atoms with Crippen molar-refractivity contribution in [2.24, 2.45) is 0 Å². The summed E-state index contributed by atoms with van der Waals surface area (Å²) in [4.78, 5) is 8.17. The number of nitrogens with one attached hydrogen (secondary N) is 1. The molecule has 0 spiro atoms. The fourth-order valence-electron chi connectivity index (χ4n) is 1.67. The first-order valence-corrected chi connectivity index (χ1v) is 7.89. The normalized spacial score (nSPS) is 11.0. The van der Waals surface area contributed by atoms with Gasteiger partial charge in [0.05, 0.1) is 12.0 Å². The molecule has 8 heteroatoms. The Kier molecular flexibility index (Phi) is 4.27. The fourth-order valence-corrected chi connectivity index (χ4v) is 2.33. The highest BCUT2D eigenvalue weighted by Crippen LogP contribution is 2.34. The average Bonchev–Trinajstić information content (AvgIpc) is 2.46. The standard InChI is InChI=1S/C13H15N3O4S/c1-14-12-11(19-2)13(16-8-15-12)20-9-5-4-6-10(7-9)21(3,17)18/h4-8H,1-3H3,(H,14,15,16). The van der Waals surface area contributed by atoms with Gasteiger partial charge >= 0.3 is 0 Å². The number of sulfone groups is 1. The average molecular weight is 309 g/mol. The maximum absolute atomic E-state index is 11.5. The maximum Gasteiger partial charge on any atom is 0.268 e. The van der Waals surface area contributed by atoms with Crippen molar-refractivity contribution >= 4 is 15.7 Å². The van der Waals surface area contributed by atoms with Gasteiger partial charge in [0.15, 0.2) is 15.7 Å². The molecule has 7 nitrogen and oxygen atoms in total. The van der Waals surface area contributed by atoms with Crippen molar-refractivity contribution in [3.8, 4) is 17.4 Å². The number of ether oxygens (including phenoxy) is 2. The van der Waals surface area contributed by atoms with Gasteiger partial charge in [-0.05, 0) is 18.2 Å². The Morgan fingerprint density at radius 2 is 2.00 bits per heavy atom. The maximum atomic E-state index is 11.5. The summed E-state index contributed by atoms with van der Waals surface area (Å²) >= 11 is 0. The van der Waals surface area contributed by atoms with Gasteiger partial charge in [0.2, 0.25) is 5.75 Å². The van der Waals surface area contributed by atoms with Crippen LogP contribution in [0, 0.1) is 0 Å². The van der Waals surface area contributed by atoms with Crippen LogP contribution in [0.4, 0.5) is 5.82 Å². The van der Waals surface area contributed by atoms with E-state index in [1.165, 1.54) is 25.6 Å². The van der Waals surface area contributed by atoms with Gasteiger partial charge in [0.1, 0.15) is 12.1 Å². The number of hydrogen-bond acceptors (Lipinski definition) is 7. The van der Waals surface area contributed by atoms with Crippen molar-refractivity contribution in [3.63, 3.8) is 0 Å². The zero-order valence-corrected chi connectivity index (χ0v) is 12.6. The molecule has 1 heterocycles. The summed E-state index contributed by atoms with van der Waals surface area (Å²) in [5.74, 6) is 1.35. The summed E-state index contributed by atoms with van der Waals surface area (Å²) in [6.45, 7) is 0. The van der Waals surface area contributed by atoms with Crippen molar-refractivity contribution in [1.29, 1.82) is 0 Å². The quantitative estimate of drug-likeness (QED) is 0.899. The van der Waals surface area contributed by atoms with Crippen LogP contribution in [0.5, 0.6) is 17.4 Å². The van der Waals surface area contributed by atoms with Gasteiger partial charge in [0.25, 0.3) is 5.88 Å². The second-order valence-corrected chi connectivity index (χ2v) is 6.18. The van der Waals surface area contributed by atoms with E-state index in [2.05, 4.69) is 15.3 Å². The largest absolute Gasteiger partial charge is 0.489 e. The van der Waals surface area contributed by atoms with E-state index in [1.54, 1.807) is 19.2 Å². The predicted octanol–water partition coefficient (Wildman–Crippen LogP) is 1.72. The van der Waals surface area contributed by atoms with Crippen LogP contribution in [0.3, 0.4) is 0 Å². The SMILES string of the molecule is CNc1ncnc(Oc2cccc(S(C)(=O)=O)c2)c1OC. The Labute approximate surface area is 122 Å². The van der Waals surface area contributed by atoms with E-state index in [0.717, 1.165) is 6.26 Å². The van der Waals surface area contributed by atoms with Crippen molar-refractivity contribution in [2.45, 2.75) is 4.90 Å². The van der Waals surface area contributed by atoms with Crippen molar-refractivity contribution < 1.29 is 17.9 Å². The van der Waals surface area contributed by atoms with Gasteiger partial charge < -0.3 is 14.8 Å². The fraction of sp³-hybridized carbons (Fsp3) is 0.231. The number of aromatic nitrogens is 2. The van der Waals surface area contributed by atoms with Crippen LogP contribution >= 0.6 is 0 Å². The van der Waals surface area contributed by atoms with Crippen LogP contribution in [0.2, 0.25) is 0 Å². The van der Waals surface area contributed by atoms with E-state index < -0.39 is 9.84 Å². The topological polar surface area (TPSA) is 90.4 Å². The molecule has 0 atom stereocenters. The van der Waals surface area contributed by atoms with E-state index in [1.807, 2.05) is 0 Å². The molecule has 0 aliphatic heterocycles. The third-order valence-corrected chi connectivity index (χ3v) is 3.77. The number of nitrogens with zero attached hydrogens (tertiary/aromatic N) is 2. The molecule has 2 rings (SSSR count). The molecule has 0 amide bonds. The molecule has 0 saturated carbocycles. The third-order valence-electron chi connectivity index (χ3n) is 2.66. The van der Waals surface area contributed by atoms with E-state index in [0.29, 0.717) is 17.3 Å². The molecular weight excluding hydrogens is 294 g/mol. The monoisotopic (exact) mass is 309 g/mol. The molecule has 0 bridgehead atoms. The molecule has 0 unspecified atom stereocenters. The molecule has 1 aromatic heterocycles. The van der Waals surface area contributed by atoms with Crippen LogP contribution < -0.4 is 14.8 Å². The van der Waals surface area contributed by atoms with Gasteiger partial charge in [-0.15, -0.1) is 0 Å². The minimum absolute atomic E-state index is 0.168. The van der Waals surface area contributed by atoms with E-state index in [9.17, 15) is 8.42 Å². The number of hydrogen-bond donors (Lipinski definition) is 1. The lowest BCUT2D eigenvalue weighted by Crippen LogP contribution is -2.01. The van der Waals surface area contributed by atoms with Gasteiger partial charge in [-0.25, -0.2) is 13.4 Å². The van der Waals surface area contributed by atoms with Crippen molar-refractivity contribution in [2.75, 3.05) is 25.7 Å². The molecule has 0 saturated heterocycles. The number of rotatable bonds is 5. The molecule has 2 aromatic rings. The molecule has 21 heavy (non-hydrogen) atoms. The molecule has 0 fully saturated rings. The first-order valence-electron chi connectivity index (χ1n) is 6.00. The second kappa shape index (κ2) is 5.96. The number of benzene rings is 1. The Hall–Kier alpha value is -2.35. The smallest absolute Gasteiger partial charge is 0.268 e. The summed E-state index contributed by atoms with van der Waals surface area (Å²) in [6.07, 6.45) is 2.46. The van der Waals surface area contributed by atoms with Crippen LogP contribution in [0.15, 0.2) is 35.5 Å². The first kappa shape index (κ1) is 15.0. The molecule has 1 N–H and O–H groups in total. The molecule has 1 aromatic carbocycles. The predicted molar refractivity (Wildman–Crippen MR) is 77.8 cm³/mol. The Morgan fingerprint density at radius 1 is 1.24 bits per heavy atom. The second-order valence-electron chi connectivity index (χ2n) is 4.16. The molecule has 0 aliphatic carbocycles. The molecular formula is C13H15N3O4S. The highest BCUT2D eigenvalue weighted by atomic mass is 32.2. The van der Waals surface area contributed by atoms with E-state index in [-0.39, 0.29) is 10.8 Å². The summed E-state index contributed by atoms with van der Waals surface area (Å²) in [6, 6.07) is 6.15. The van der Waals surface area contributed by atoms with E-state index >= 15 is 0 Å². The number of methoxy groups -OCH3 is 1. The highest BCUT2D eigenvalue weighted by Gasteiger charge is 2.14. The molecule has 112 valence electrons. The van der Waals surface area contributed by atoms with Gasteiger partial charge in [-0.1, -0.05) is 6.07 Å². The Morgan fingerprint density at radius 3 is 2.62 bits per heavy atom. The Bertz CT molecular complexity index is 747. The minimum atomic E-state index is -3.30. The lowest BCUT2D eigenvalue weighted by atomic mass is 10.3. The van der Waals surface area contributed by atoms with Crippen molar-refractivity contribution in [1.82, 2.24) is 9.97 Å².